The fraction of sp³-hybridized carbons (Fsp3) is 0.455. The minimum Gasteiger partial charge on any atom is -0.491 e. The average Bonchev–Trinajstić information content (AvgIpc) is 2.20. The normalized spacial score (nSPS) is 10.4. The Kier molecular flexibility index (Phi) is 4.52. The van der Waals surface area contributed by atoms with Gasteiger partial charge in [0.1, 0.15) is 18.2 Å². The fourth-order valence-electron chi connectivity index (χ4n) is 1.38. The molecular weight excluding hydrogens is 197 g/mol. The van der Waals surface area contributed by atoms with E-state index in [0.29, 0.717) is 24.5 Å². The quantitative estimate of drug-likeness (QED) is 0.756. The Morgan fingerprint density at radius 3 is 2.67 bits per heavy atom. The molecule has 84 valence electrons. The Bertz CT molecular complexity index is 329. The maximum absolute atomic E-state index is 13.0. The van der Waals surface area contributed by atoms with Crippen molar-refractivity contribution in [3.8, 4) is 5.75 Å². The van der Waals surface area contributed by atoms with Crippen molar-refractivity contribution in [3.05, 3.63) is 29.1 Å². The third-order valence-electron chi connectivity index (χ3n) is 2.07. The molecule has 0 amide bonds. The molecule has 0 aliphatic heterocycles. The number of hydrogen-bond donors (Lipinski definition) is 1. The van der Waals surface area contributed by atoms with E-state index < -0.39 is 0 Å². The highest BCUT2D eigenvalue weighted by Gasteiger charge is 2.08. The zero-order chi connectivity index (χ0) is 11.3. The summed E-state index contributed by atoms with van der Waals surface area (Å²) in [6.07, 6.45) is 0. The van der Waals surface area contributed by atoms with E-state index in [-0.39, 0.29) is 12.4 Å². The first-order chi connectivity index (χ1) is 7.19. The van der Waals surface area contributed by atoms with Gasteiger partial charge < -0.3 is 15.2 Å². The average molecular weight is 213 g/mol. The molecule has 0 atom stereocenters. The largest absolute Gasteiger partial charge is 0.491 e. The Balaban J connectivity index is 2.84. The first-order valence-electron chi connectivity index (χ1n) is 4.80. The summed E-state index contributed by atoms with van der Waals surface area (Å²) in [7, 11) is 1.60. The summed E-state index contributed by atoms with van der Waals surface area (Å²) in [4.78, 5) is 0. The van der Waals surface area contributed by atoms with Gasteiger partial charge in [-0.15, -0.1) is 0 Å². The van der Waals surface area contributed by atoms with Crippen molar-refractivity contribution in [3.63, 3.8) is 0 Å². The zero-order valence-electron chi connectivity index (χ0n) is 9.05. The van der Waals surface area contributed by atoms with Gasteiger partial charge in [0.15, 0.2) is 0 Å². The predicted octanol–water partition coefficient (Wildman–Crippen LogP) is 1.62. The third kappa shape index (κ3) is 3.18. The van der Waals surface area contributed by atoms with Crippen LogP contribution in [0.1, 0.15) is 11.1 Å². The lowest BCUT2D eigenvalue weighted by Gasteiger charge is -2.13. The van der Waals surface area contributed by atoms with Gasteiger partial charge in [0.25, 0.3) is 0 Å². The number of hydrogen-bond acceptors (Lipinski definition) is 3. The summed E-state index contributed by atoms with van der Waals surface area (Å²) in [5.41, 5.74) is 6.95. The summed E-state index contributed by atoms with van der Waals surface area (Å²) in [5.74, 6) is 0.378. The molecule has 0 saturated heterocycles. The Morgan fingerprint density at radius 1 is 1.33 bits per heavy atom. The van der Waals surface area contributed by atoms with E-state index in [9.17, 15) is 4.39 Å². The minimum absolute atomic E-state index is 0.265. The lowest BCUT2D eigenvalue weighted by Crippen LogP contribution is -2.09. The van der Waals surface area contributed by atoms with Gasteiger partial charge in [-0.25, -0.2) is 4.39 Å². The number of aryl methyl sites for hydroxylation is 1. The first kappa shape index (κ1) is 11.9. The third-order valence-corrected chi connectivity index (χ3v) is 2.07. The van der Waals surface area contributed by atoms with Gasteiger partial charge in [-0.3, -0.25) is 0 Å². The van der Waals surface area contributed by atoms with Crippen LogP contribution in [-0.2, 0) is 11.3 Å². The van der Waals surface area contributed by atoms with E-state index in [2.05, 4.69) is 0 Å². The standard InChI is InChI=1S/C11H16FNO2/c1-8-5-10(12)6-9(7-13)11(8)15-4-3-14-2/h5-6H,3-4,7,13H2,1-2H3. The van der Waals surface area contributed by atoms with Gasteiger partial charge in [0, 0.05) is 19.2 Å². The molecule has 0 aromatic heterocycles. The van der Waals surface area contributed by atoms with Crippen LogP contribution in [0.15, 0.2) is 12.1 Å². The van der Waals surface area contributed by atoms with Crippen molar-refractivity contribution >= 4 is 0 Å². The summed E-state index contributed by atoms with van der Waals surface area (Å²) >= 11 is 0. The highest BCUT2D eigenvalue weighted by molar-refractivity contribution is 5.41. The summed E-state index contributed by atoms with van der Waals surface area (Å²) < 4.78 is 23.4. The van der Waals surface area contributed by atoms with Crippen LogP contribution in [0.5, 0.6) is 5.75 Å². The second-order valence-corrected chi connectivity index (χ2v) is 3.26. The van der Waals surface area contributed by atoms with E-state index in [1.54, 1.807) is 14.0 Å². The molecule has 0 radical (unpaired) electrons. The molecule has 1 aromatic rings. The molecule has 1 aromatic carbocycles. The molecule has 0 unspecified atom stereocenters. The second-order valence-electron chi connectivity index (χ2n) is 3.26. The highest BCUT2D eigenvalue weighted by atomic mass is 19.1. The number of ether oxygens (including phenoxy) is 2. The van der Waals surface area contributed by atoms with Crippen LogP contribution < -0.4 is 10.5 Å². The van der Waals surface area contributed by atoms with Gasteiger partial charge in [-0.05, 0) is 24.6 Å². The first-order valence-corrected chi connectivity index (χ1v) is 4.80. The summed E-state index contributed by atoms with van der Waals surface area (Å²) in [6, 6.07) is 2.83. The van der Waals surface area contributed by atoms with E-state index in [0.717, 1.165) is 5.56 Å². The lowest BCUT2D eigenvalue weighted by atomic mass is 10.1. The second kappa shape index (κ2) is 5.68. The van der Waals surface area contributed by atoms with E-state index >= 15 is 0 Å². The topological polar surface area (TPSA) is 44.5 Å². The van der Waals surface area contributed by atoms with Crippen molar-refractivity contribution in [2.45, 2.75) is 13.5 Å². The zero-order valence-corrected chi connectivity index (χ0v) is 9.05. The summed E-state index contributed by atoms with van der Waals surface area (Å²) in [5, 5.41) is 0. The van der Waals surface area contributed by atoms with Gasteiger partial charge in [0.05, 0.1) is 6.61 Å². The Morgan fingerprint density at radius 2 is 2.07 bits per heavy atom. The molecule has 4 heteroatoms. The summed E-state index contributed by atoms with van der Waals surface area (Å²) in [6.45, 7) is 3.00. The Hall–Kier alpha value is -1.13. The molecule has 0 saturated carbocycles. The van der Waals surface area contributed by atoms with E-state index in [1.807, 2.05) is 0 Å². The smallest absolute Gasteiger partial charge is 0.127 e. The fourth-order valence-corrected chi connectivity index (χ4v) is 1.38. The lowest BCUT2D eigenvalue weighted by molar-refractivity contribution is 0.145. The SMILES string of the molecule is COCCOc1c(C)cc(F)cc1CN. The highest BCUT2D eigenvalue weighted by Crippen LogP contribution is 2.24. The van der Waals surface area contributed by atoms with E-state index in [4.69, 9.17) is 15.2 Å². The van der Waals surface area contributed by atoms with E-state index in [1.165, 1.54) is 12.1 Å². The predicted molar refractivity (Wildman–Crippen MR) is 56.4 cm³/mol. The van der Waals surface area contributed by atoms with Gasteiger partial charge in [0.2, 0.25) is 0 Å². The van der Waals surface area contributed by atoms with Crippen molar-refractivity contribution in [2.24, 2.45) is 5.73 Å². The van der Waals surface area contributed by atoms with Crippen LogP contribution in [0, 0.1) is 12.7 Å². The number of halogens is 1. The minimum atomic E-state index is -0.285. The molecule has 0 heterocycles. The maximum Gasteiger partial charge on any atom is 0.127 e. The number of nitrogens with two attached hydrogens (primary N) is 1. The van der Waals surface area contributed by atoms with Gasteiger partial charge in [-0.2, -0.15) is 0 Å². The number of methoxy groups -OCH3 is 1. The van der Waals surface area contributed by atoms with Crippen LogP contribution in [-0.4, -0.2) is 20.3 Å². The molecule has 15 heavy (non-hydrogen) atoms. The van der Waals surface area contributed by atoms with Crippen molar-refractivity contribution < 1.29 is 13.9 Å². The molecule has 0 fully saturated rings. The Labute approximate surface area is 89.0 Å². The van der Waals surface area contributed by atoms with Crippen LogP contribution in [0.3, 0.4) is 0 Å². The molecule has 0 spiro atoms. The van der Waals surface area contributed by atoms with Gasteiger partial charge >= 0.3 is 0 Å². The van der Waals surface area contributed by atoms with Gasteiger partial charge in [-0.1, -0.05) is 0 Å². The van der Waals surface area contributed by atoms with Crippen molar-refractivity contribution in [2.75, 3.05) is 20.3 Å². The van der Waals surface area contributed by atoms with Crippen LogP contribution in [0.4, 0.5) is 4.39 Å². The van der Waals surface area contributed by atoms with Crippen LogP contribution in [0.25, 0.3) is 0 Å². The molecule has 2 N–H and O–H groups in total. The molecule has 0 aliphatic rings. The molecular formula is C11H16FNO2. The monoisotopic (exact) mass is 213 g/mol. The number of rotatable bonds is 5. The number of benzene rings is 1. The molecule has 0 aliphatic carbocycles. The maximum atomic E-state index is 13.0. The van der Waals surface area contributed by atoms with Crippen LogP contribution >= 0.6 is 0 Å². The molecule has 3 nitrogen and oxygen atoms in total. The van der Waals surface area contributed by atoms with Crippen molar-refractivity contribution in [1.82, 2.24) is 0 Å². The molecule has 0 bridgehead atoms. The van der Waals surface area contributed by atoms with Crippen LogP contribution in [0.2, 0.25) is 0 Å². The molecule has 1 rings (SSSR count). The van der Waals surface area contributed by atoms with Crippen molar-refractivity contribution in [1.29, 1.82) is 0 Å².